The zero-order valence-electron chi connectivity index (χ0n) is 10.1. The Balaban J connectivity index is 2.14. The maximum Gasteiger partial charge on any atom is 0.433 e. The third kappa shape index (κ3) is 3.48. The van der Waals surface area contributed by atoms with Crippen molar-refractivity contribution in [3.8, 4) is 6.07 Å². The molecule has 3 nitrogen and oxygen atoms in total. The molecule has 0 bridgehead atoms. The predicted octanol–water partition coefficient (Wildman–Crippen LogP) is 3.66. The average molecular weight is 295 g/mol. The molecular weight excluding hydrogens is 287 g/mol. The van der Waals surface area contributed by atoms with Crippen LogP contribution in [0.3, 0.4) is 0 Å². The molecular formula is C13H8F3N3S. The third-order valence-corrected chi connectivity index (χ3v) is 3.33. The molecule has 0 saturated heterocycles. The second-order valence-corrected chi connectivity index (χ2v) is 4.72. The smallest absolute Gasteiger partial charge is 0.231 e. The maximum absolute atomic E-state index is 12.5. The number of nitrogens with zero attached hydrogens (tertiary/aromatic N) is 3. The van der Waals surface area contributed by atoms with Crippen LogP contribution in [-0.2, 0) is 11.9 Å². The van der Waals surface area contributed by atoms with Gasteiger partial charge in [0.15, 0.2) is 5.16 Å². The van der Waals surface area contributed by atoms with E-state index in [0.717, 1.165) is 29.6 Å². The quantitative estimate of drug-likeness (QED) is 0.640. The van der Waals surface area contributed by atoms with E-state index in [1.165, 1.54) is 0 Å². The van der Waals surface area contributed by atoms with Crippen LogP contribution in [-0.4, -0.2) is 9.97 Å². The molecule has 0 unspecified atom stereocenters. The van der Waals surface area contributed by atoms with Crippen molar-refractivity contribution in [3.05, 3.63) is 53.3 Å². The highest BCUT2D eigenvalue weighted by molar-refractivity contribution is 7.98. The minimum Gasteiger partial charge on any atom is -0.231 e. The molecule has 1 heterocycles. The van der Waals surface area contributed by atoms with Gasteiger partial charge in [0.1, 0.15) is 5.69 Å². The Labute approximate surface area is 117 Å². The summed E-state index contributed by atoms with van der Waals surface area (Å²) in [5, 5.41) is 8.96. The fourth-order valence-corrected chi connectivity index (χ4v) is 2.30. The summed E-state index contributed by atoms with van der Waals surface area (Å²) in [6, 6.07) is 9.76. The van der Waals surface area contributed by atoms with Gasteiger partial charge in [-0.1, -0.05) is 30.0 Å². The van der Waals surface area contributed by atoms with Crippen LogP contribution < -0.4 is 0 Å². The van der Waals surface area contributed by atoms with E-state index >= 15 is 0 Å². The van der Waals surface area contributed by atoms with Crippen LogP contribution in [0.25, 0.3) is 0 Å². The molecule has 0 N–H and O–H groups in total. The van der Waals surface area contributed by atoms with E-state index in [9.17, 15) is 13.2 Å². The van der Waals surface area contributed by atoms with Crippen LogP contribution in [0.4, 0.5) is 13.2 Å². The first kappa shape index (κ1) is 14.3. The second-order valence-electron chi connectivity index (χ2n) is 3.78. The zero-order chi connectivity index (χ0) is 14.6. The van der Waals surface area contributed by atoms with Crippen LogP contribution >= 0.6 is 11.8 Å². The largest absolute Gasteiger partial charge is 0.433 e. The maximum atomic E-state index is 12.5. The fraction of sp³-hybridized carbons (Fsp3) is 0.154. The zero-order valence-corrected chi connectivity index (χ0v) is 10.9. The summed E-state index contributed by atoms with van der Waals surface area (Å²) in [5.41, 5.74) is 0.261. The molecule has 0 fully saturated rings. The van der Waals surface area contributed by atoms with Crippen molar-refractivity contribution >= 4 is 11.8 Å². The number of alkyl halides is 3. The lowest BCUT2D eigenvalue weighted by Crippen LogP contribution is -2.08. The van der Waals surface area contributed by atoms with Gasteiger partial charge < -0.3 is 0 Å². The topological polar surface area (TPSA) is 49.6 Å². The van der Waals surface area contributed by atoms with E-state index in [2.05, 4.69) is 9.97 Å². The molecule has 0 aliphatic rings. The second kappa shape index (κ2) is 5.92. The molecule has 0 atom stereocenters. The van der Waals surface area contributed by atoms with Crippen LogP contribution in [0.15, 0.2) is 41.7 Å². The number of hydrogen-bond acceptors (Lipinski definition) is 4. The molecule has 2 aromatic rings. The Morgan fingerprint density at radius 2 is 1.95 bits per heavy atom. The summed E-state index contributed by atoms with van der Waals surface area (Å²) in [7, 11) is 0. The lowest BCUT2D eigenvalue weighted by molar-refractivity contribution is -0.141. The lowest BCUT2D eigenvalue weighted by Gasteiger charge is -2.07. The number of hydrogen-bond donors (Lipinski definition) is 0. The first-order valence-corrected chi connectivity index (χ1v) is 6.50. The normalized spacial score (nSPS) is 11.1. The first-order chi connectivity index (χ1) is 9.50. The van der Waals surface area contributed by atoms with Gasteiger partial charge in [0.05, 0.1) is 11.6 Å². The number of aromatic nitrogens is 2. The van der Waals surface area contributed by atoms with Crippen LogP contribution in [0.1, 0.15) is 16.8 Å². The van der Waals surface area contributed by atoms with Crippen LogP contribution in [0, 0.1) is 11.3 Å². The third-order valence-electron chi connectivity index (χ3n) is 2.42. The van der Waals surface area contributed by atoms with Crippen LogP contribution in [0.2, 0.25) is 0 Å². The van der Waals surface area contributed by atoms with E-state index in [4.69, 9.17) is 5.26 Å². The minimum absolute atomic E-state index is 0.0348. The van der Waals surface area contributed by atoms with Gasteiger partial charge in [-0.3, -0.25) is 0 Å². The van der Waals surface area contributed by atoms with E-state index in [1.54, 1.807) is 24.3 Å². The lowest BCUT2D eigenvalue weighted by atomic mass is 10.1. The summed E-state index contributed by atoms with van der Waals surface area (Å²) < 4.78 is 37.5. The summed E-state index contributed by atoms with van der Waals surface area (Å²) in [5.74, 6) is 0.338. The average Bonchev–Trinajstić information content (AvgIpc) is 2.45. The Morgan fingerprint density at radius 1 is 1.20 bits per heavy atom. The number of nitriles is 1. The number of benzene rings is 1. The Kier molecular flexibility index (Phi) is 4.25. The van der Waals surface area contributed by atoms with Crippen molar-refractivity contribution in [2.75, 3.05) is 0 Å². The molecule has 1 aromatic carbocycles. The Hall–Kier alpha value is -2.07. The fourth-order valence-electron chi connectivity index (χ4n) is 1.47. The summed E-state index contributed by atoms with van der Waals surface area (Å²) in [6.45, 7) is 0. The van der Waals surface area contributed by atoms with Crippen LogP contribution in [0.5, 0.6) is 0 Å². The van der Waals surface area contributed by atoms with E-state index in [0.29, 0.717) is 11.3 Å². The summed E-state index contributed by atoms with van der Waals surface area (Å²) >= 11 is 1.06. The van der Waals surface area contributed by atoms with Gasteiger partial charge in [0.2, 0.25) is 0 Å². The summed E-state index contributed by atoms with van der Waals surface area (Å²) in [6.07, 6.45) is -3.41. The molecule has 0 spiro atoms. The van der Waals surface area contributed by atoms with Crippen molar-refractivity contribution in [1.29, 1.82) is 5.26 Å². The molecule has 0 aliphatic heterocycles. The standard InChI is InChI=1S/C13H8F3N3S/c14-13(15,16)11-5-6-18-12(19-11)20-8-10-4-2-1-3-9(10)7-17/h1-6H,8H2. The van der Waals surface area contributed by atoms with Gasteiger partial charge in [-0.25, -0.2) is 9.97 Å². The van der Waals surface area contributed by atoms with Crippen molar-refractivity contribution in [3.63, 3.8) is 0 Å². The van der Waals surface area contributed by atoms with Crippen molar-refractivity contribution in [2.24, 2.45) is 0 Å². The van der Waals surface area contributed by atoms with Gasteiger partial charge in [-0.15, -0.1) is 0 Å². The van der Waals surface area contributed by atoms with Gasteiger partial charge in [-0.2, -0.15) is 18.4 Å². The molecule has 0 saturated carbocycles. The molecule has 0 amide bonds. The highest BCUT2D eigenvalue weighted by atomic mass is 32.2. The van der Waals surface area contributed by atoms with Crippen molar-refractivity contribution < 1.29 is 13.2 Å². The molecule has 102 valence electrons. The van der Waals surface area contributed by atoms with Gasteiger partial charge in [0, 0.05) is 11.9 Å². The number of halogens is 3. The minimum atomic E-state index is -4.48. The molecule has 2 rings (SSSR count). The molecule has 0 aliphatic carbocycles. The van der Waals surface area contributed by atoms with Crippen molar-refractivity contribution in [2.45, 2.75) is 17.1 Å². The highest BCUT2D eigenvalue weighted by Crippen LogP contribution is 2.29. The molecule has 20 heavy (non-hydrogen) atoms. The Bertz CT molecular complexity index is 650. The predicted molar refractivity (Wildman–Crippen MR) is 67.8 cm³/mol. The molecule has 7 heteroatoms. The van der Waals surface area contributed by atoms with Gasteiger partial charge >= 0.3 is 6.18 Å². The number of thioether (sulfide) groups is 1. The van der Waals surface area contributed by atoms with Gasteiger partial charge in [0.25, 0.3) is 0 Å². The SMILES string of the molecule is N#Cc1ccccc1CSc1nccc(C(F)(F)F)n1. The Morgan fingerprint density at radius 3 is 2.65 bits per heavy atom. The van der Waals surface area contributed by atoms with E-state index < -0.39 is 11.9 Å². The first-order valence-electron chi connectivity index (χ1n) is 5.52. The highest BCUT2D eigenvalue weighted by Gasteiger charge is 2.32. The van der Waals surface area contributed by atoms with Crippen molar-refractivity contribution in [1.82, 2.24) is 9.97 Å². The molecule has 0 radical (unpaired) electrons. The monoisotopic (exact) mass is 295 g/mol. The van der Waals surface area contributed by atoms with Gasteiger partial charge in [-0.05, 0) is 17.7 Å². The number of rotatable bonds is 3. The van der Waals surface area contributed by atoms with E-state index in [1.807, 2.05) is 6.07 Å². The molecule has 1 aromatic heterocycles. The van der Waals surface area contributed by atoms with E-state index in [-0.39, 0.29) is 5.16 Å². The summed E-state index contributed by atoms with van der Waals surface area (Å²) in [4.78, 5) is 7.25.